The summed E-state index contributed by atoms with van der Waals surface area (Å²) in [5.41, 5.74) is 2.46. The molecule has 10 heteroatoms. The first-order chi connectivity index (χ1) is 17.3. The average molecular weight is 508 g/mol. The third kappa shape index (κ3) is 5.78. The van der Waals surface area contributed by atoms with Gasteiger partial charge in [-0.25, -0.2) is 13.2 Å². The predicted molar refractivity (Wildman–Crippen MR) is 134 cm³/mol. The zero-order valence-corrected chi connectivity index (χ0v) is 20.3. The maximum absolute atomic E-state index is 13.3. The molecule has 4 rings (SSSR count). The van der Waals surface area contributed by atoms with Gasteiger partial charge in [0.25, 0.3) is 0 Å². The van der Waals surface area contributed by atoms with Gasteiger partial charge in [0.1, 0.15) is 6.04 Å². The van der Waals surface area contributed by atoms with Gasteiger partial charge in [-0.1, -0.05) is 30.3 Å². The first-order valence-electron chi connectivity index (χ1n) is 11.3. The van der Waals surface area contributed by atoms with Crippen LogP contribution >= 0.6 is 0 Å². The number of sulfonamides is 1. The first kappa shape index (κ1) is 25.1. The normalized spacial score (nSPS) is 13.8. The molecule has 0 fully saturated rings. The van der Waals surface area contributed by atoms with Crippen LogP contribution in [0.25, 0.3) is 0 Å². The van der Waals surface area contributed by atoms with Gasteiger partial charge in [-0.15, -0.1) is 0 Å². The van der Waals surface area contributed by atoms with Gasteiger partial charge in [-0.05, 0) is 66.9 Å². The minimum absolute atomic E-state index is 0.00933. The molecular weight excluding hydrogens is 482 g/mol. The minimum Gasteiger partial charge on any atom is -0.462 e. The van der Waals surface area contributed by atoms with E-state index in [2.05, 4.69) is 15.4 Å². The number of anilines is 2. The number of benzene rings is 3. The van der Waals surface area contributed by atoms with E-state index in [0.717, 1.165) is 0 Å². The highest BCUT2D eigenvalue weighted by molar-refractivity contribution is 7.89. The van der Waals surface area contributed by atoms with E-state index in [4.69, 9.17) is 4.74 Å². The highest BCUT2D eigenvalue weighted by Gasteiger charge is 2.28. The SMILES string of the molecule is CCOC(=O)c1ccc(NC(=O)[C@@H](NS(=O)(=O)c2ccc3c(c2)CCC(=O)N3)c2ccccc2)cc1. The second-order valence-corrected chi connectivity index (χ2v) is 9.83. The Morgan fingerprint density at radius 1 is 1.00 bits per heavy atom. The molecule has 1 atom stereocenters. The van der Waals surface area contributed by atoms with Crippen LogP contribution < -0.4 is 15.4 Å². The Balaban J connectivity index is 1.57. The van der Waals surface area contributed by atoms with Crippen molar-refractivity contribution >= 4 is 39.2 Å². The molecule has 1 heterocycles. The van der Waals surface area contributed by atoms with Gasteiger partial charge in [0.05, 0.1) is 17.1 Å². The molecule has 0 unspecified atom stereocenters. The Bertz CT molecular complexity index is 1390. The maximum atomic E-state index is 13.3. The third-order valence-electron chi connectivity index (χ3n) is 5.61. The van der Waals surface area contributed by atoms with Gasteiger partial charge in [-0.2, -0.15) is 4.72 Å². The van der Waals surface area contributed by atoms with E-state index in [1.807, 2.05) is 0 Å². The molecular formula is C26H25N3O6S. The van der Waals surface area contributed by atoms with Crippen LogP contribution in [-0.4, -0.2) is 32.8 Å². The second kappa shape index (κ2) is 10.7. The van der Waals surface area contributed by atoms with Crippen LogP contribution in [0, 0.1) is 0 Å². The molecule has 0 aliphatic carbocycles. The number of hydrogen-bond acceptors (Lipinski definition) is 6. The molecule has 0 radical (unpaired) electrons. The van der Waals surface area contributed by atoms with Gasteiger partial charge in [0.15, 0.2) is 0 Å². The summed E-state index contributed by atoms with van der Waals surface area (Å²) in [6, 6.07) is 17.8. The van der Waals surface area contributed by atoms with Crippen molar-refractivity contribution in [3.8, 4) is 0 Å². The Hall–Kier alpha value is -4.02. The predicted octanol–water partition coefficient (Wildman–Crippen LogP) is 3.41. The summed E-state index contributed by atoms with van der Waals surface area (Å²) in [6.45, 7) is 1.95. The lowest BCUT2D eigenvalue weighted by atomic mass is 10.0. The standard InChI is InChI=1S/C26H25N3O6S/c1-2-35-26(32)18-8-11-20(12-9-18)27-25(31)24(17-6-4-3-5-7-17)29-36(33,34)21-13-14-22-19(16-21)10-15-23(30)28-22/h3-9,11-14,16,24,29H,2,10,15H2,1H3,(H,27,31)(H,28,30)/t24-/m0/s1. The number of ether oxygens (including phenoxy) is 1. The number of esters is 1. The summed E-state index contributed by atoms with van der Waals surface area (Å²) in [5, 5.41) is 5.42. The number of amides is 2. The fourth-order valence-electron chi connectivity index (χ4n) is 3.79. The third-order valence-corrected chi connectivity index (χ3v) is 7.03. The van der Waals surface area contributed by atoms with Crippen molar-refractivity contribution in [2.75, 3.05) is 17.2 Å². The molecule has 36 heavy (non-hydrogen) atoms. The summed E-state index contributed by atoms with van der Waals surface area (Å²) in [4.78, 5) is 36.7. The molecule has 1 aliphatic rings. The number of carbonyl (C=O) groups is 3. The molecule has 3 N–H and O–H groups in total. The van der Waals surface area contributed by atoms with Crippen molar-refractivity contribution in [2.45, 2.75) is 30.7 Å². The van der Waals surface area contributed by atoms with Crippen LogP contribution in [0.4, 0.5) is 11.4 Å². The first-order valence-corrected chi connectivity index (χ1v) is 12.8. The van der Waals surface area contributed by atoms with Gasteiger partial charge in [0, 0.05) is 17.8 Å². The number of hydrogen-bond donors (Lipinski definition) is 3. The van der Waals surface area contributed by atoms with Gasteiger partial charge in [-0.3, -0.25) is 9.59 Å². The molecule has 0 saturated heterocycles. The molecule has 0 bridgehead atoms. The molecule has 0 spiro atoms. The fourth-order valence-corrected chi connectivity index (χ4v) is 5.02. The van der Waals surface area contributed by atoms with E-state index in [9.17, 15) is 22.8 Å². The number of carbonyl (C=O) groups excluding carboxylic acids is 3. The second-order valence-electron chi connectivity index (χ2n) is 8.12. The molecule has 9 nitrogen and oxygen atoms in total. The van der Waals surface area contributed by atoms with Crippen molar-refractivity contribution in [2.24, 2.45) is 0 Å². The Morgan fingerprint density at radius 3 is 2.42 bits per heavy atom. The van der Waals surface area contributed by atoms with E-state index < -0.39 is 27.9 Å². The molecule has 2 amide bonds. The lowest BCUT2D eigenvalue weighted by Crippen LogP contribution is -2.37. The maximum Gasteiger partial charge on any atom is 0.338 e. The van der Waals surface area contributed by atoms with E-state index in [1.165, 1.54) is 24.3 Å². The number of nitrogens with one attached hydrogen (secondary N) is 3. The zero-order chi connectivity index (χ0) is 25.7. The molecule has 0 saturated carbocycles. The summed E-state index contributed by atoms with van der Waals surface area (Å²) in [7, 11) is -4.10. The van der Waals surface area contributed by atoms with Crippen molar-refractivity contribution in [1.82, 2.24) is 4.72 Å². The molecule has 3 aromatic rings. The largest absolute Gasteiger partial charge is 0.462 e. The Kier molecular flexibility index (Phi) is 7.47. The van der Waals surface area contributed by atoms with E-state index in [-0.39, 0.29) is 23.8 Å². The van der Waals surface area contributed by atoms with Gasteiger partial charge >= 0.3 is 5.97 Å². The van der Waals surface area contributed by atoms with Crippen molar-refractivity contribution in [3.05, 3.63) is 89.5 Å². The number of fused-ring (bicyclic) bond motifs is 1. The number of rotatable bonds is 8. The smallest absolute Gasteiger partial charge is 0.338 e. The highest BCUT2D eigenvalue weighted by Crippen LogP contribution is 2.27. The molecule has 3 aromatic carbocycles. The Labute approximate surface area is 208 Å². The lowest BCUT2D eigenvalue weighted by molar-refractivity contribution is -0.118. The van der Waals surface area contributed by atoms with Crippen LogP contribution in [0.1, 0.15) is 40.9 Å². The van der Waals surface area contributed by atoms with Crippen molar-refractivity contribution < 1.29 is 27.5 Å². The summed E-state index contributed by atoms with van der Waals surface area (Å²) < 4.78 is 34.0. The summed E-state index contributed by atoms with van der Waals surface area (Å²) in [5.74, 6) is -1.19. The van der Waals surface area contributed by atoms with E-state index in [0.29, 0.717) is 34.5 Å². The fraction of sp³-hybridized carbons (Fsp3) is 0.192. The average Bonchev–Trinajstić information content (AvgIpc) is 2.88. The minimum atomic E-state index is -4.10. The zero-order valence-electron chi connectivity index (χ0n) is 19.5. The topological polar surface area (TPSA) is 131 Å². The molecule has 1 aliphatic heterocycles. The molecule has 0 aromatic heterocycles. The summed E-state index contributed by atoms with van der Waals surface area (Å²) in [6.07, 6.45) is 0.697. The quantitative estimate of drug-likeness (QED) is 0.401. The Morgan fingerprint density at radius 2 is 1.72 bits per heavy atom. The van der Waals surface area contributed by atoms with Crippen LogP contribution in [0.3, 0.4) is 0 Å². The van der Waals surface area contributed by atoms with E-state index >= 15 is 0 Å². The van der Waals surface area contributed by atoms with E-state index in [1.54, 1.807) is 55.5 Å². The lowest BCUT2D eigenvalue weighted by Gasteiger charge is -2.21. The van der Waals surface area contributed by atoms with Gasteiger partial charge < -0.3 is 15.4 Å². The van der Waals surface area contributed by atoms with Crippen LogP contribution in [-0.2, 0) is 30.8 Å². The molecule has 186 valence electrons. The van der Waals surface area contributed by atoms with Crippen molar-refractivity contribution in [1.29, 1.82) is 0 Å². The monoisotopic (exact) mass is 507 g/mol. The van der Waals surface area contributed by atoms with Gasteiger partial charge in [0.2, 0.25) is 21.8 Å². The highest BCUT2D eigenvalue weighted by atomic mass is 32.2. The number of aryl methyl sites for hydroxylation is 1. The van der Waals surface area contributed by atoms with Crippen LogP contribution in [0.2, 0.25) is 0 Å². The van der Waals surface area contributed by atoms with Crippen molar-refractivity contribution in [3.63, 3.8) is 0 Å². The van der Waals surface area contributed by atoms with Crippen LogP contribution in [0.5, 0.6) is 0 Å². The van der Waals surface area contributed by atoms with Crippen LogP contribution in [0.15, 0.2) is 77.7 Å². The summed E-state index contributed by atoms with van der Waals surface area (Å²) >= 11 is 0.